The van der Waals surface area contributed by atoms with Crippen LogP contribution < -0.4 is 14.8 Å². The number of hydrogen-bond donors (Lipinski definition) is 1. The lowest BCUT2D eigenvalue weighted by Crippen LogP contribution is -2.61. The molecule has 1 aromatic rings. The van der Waals surface area contributed by atoms with Crippen molar-refractivity contribution in [2.75, 3.05) is 19.8 Å². The molecule has 118 valence electrons. The molecule has 21 heavy (non-hydrogen) atoms. The Morgan fingerprint density at radius 1 is 1.10 bits per heavy atom. The van der Waals surface area contributed by atoms with Gasteiger partial charge in [0.25, 0.3) is 0 Å². The Labute approximate surface area is 127 Å². The summed E-state index contributed by atoms with van der Waals surface area (Å²) in [5.74, 6) is 1.77. The van der Waals surface area contributed by atoms with Gasteiger partial charge < -0.3 is 19.5 Å². The minimum Gasteiger partial charge on any atom is -0.494 e. The normalized spacial score (nSPS) is 24.4. The maximum absolute atomic E-state index is 6.03. The van der Waals surface area contributed by atoms with Gasteiger partial charge in [-0.15, -0.1) is 0 Å². The molecule has 0 heterocycles. The predicted octanol–water partition coefficient (Wildman–Crippen LogP) is 3.01. The Kier molecular flexibility index (Phi) is 6.33. The second-order valence-electron chi connectivity index (χ2n) is 5.30. The summed E-state index contributed by atoms with van der Waals surface area (Å²) in [4.78, 5) is 0. The van der Waals surface area contributed by atoms with Gasteiger partial charge in [0.15, 0.2) is 0 Å². The van der Waals surface area contributed by atoms with E-state index in [0.717, 1.165) is 44.1 Å². The average molecular weight is 293 g/mol. The van der Waals surface area contributed by atoms with E-state index in [1.807, 2.05) is 31.2 Å². The minimum absolute atomic E-state index is 0.136. The van der Waals surface area contributed by atoms with E-state index in [4.69, 9.17) is 14.2 Å². The molecule has 3 unspecified atom stereocenters. The zero-order valence-corrected chi connectivity index (χ0v) is 13.3. The molecule has 0 bridgehead atoms. The highest BCUT2D eigenvalue weighted by Gasteiger charge is 2.43. The first-order valence-electron chi connectivity index (χ1n) is 8.03. The molecular formula is C17H27NO3. The maximum Gasteiger partial charge on any atom is 0.128 e. The third-order valence-electron chi connectivity index (χ3n) is 3.66. The third kappa shape index (κ3) is 4.35. The number of nitrogens with one attached hydrogen (secondary N) is 1. The van der Waals surface area contributed by atoms with Gasteiger partial charge in [0.1, 0.15) is 23.7 Å². The van der Waals surface area contributed by atoms with Crippen LogP contribution in [0.15, 0.2) is 24.3 Å². The molecule has 4 heteroatoms. The van der Waals surface area contributed by atoms with Gasteiger partial charge in [-0.05, 0) is 44.2 Å². The molecule has 0 aromatic heterocycles. The third-order valence-corrected chi connectivity index (χ3v) is 3.66. The Hall–Kier alpha value is -1.26. The average Bonchev–Trinajstić information content (AvgIpc) is 2.51. The van der Waals surface area contributed by atoms with Crippen molar-refractivity contribution < 1.29 is 14.2 Å². The van der Waals surface area contributed by atoms with Gasteiger partial charge in [-0.1, -0.05) is 13.8 Å². The van der Waals surface area contributed by atoms with Gasteiger partial charge in [0, 0.05) is 19.1 Å². The van der Waals surface area contributed by atoms with E-state index in [9.17, 15) is 0 Å². The SMILES string of the molecule is CCCOc1ccc(OC2CC(NCC)C2OCC)cc1. The van der Waals surface area contributed by atoms with Gasteiger partial charge in [-0.3, -0.25) is 0 Å². The van der Waals surface area contributed by atoms with Crippen LogP contribution in [-0.2, 0) is 4.74 Å². The van der Waals surface area contributed by atoms with Crippen molar-refractivity contribution in [3.05, 3.63) is 24.3 Å². The molecule has 3 atom stereocenters. The first-order valence-corrected chi connectivity index (χ1v) is 8.03. The molecule has 0 spiro atoms. The molecule has 0 aliphatic heterocycles. The molecule has 1 aliphatic carbocycles. The summed E-state index contributed by atoms with van der Waals surface area (Å²) < 4.78 is 17.4. The predicted molar refractivity (Wildman–Crippen MR) is 84.1 cm³/mol. The summed E-state index contributed by atoms with van der Waals surface area (Å²) in [6.45, 7) is 8.67. The smallest absolute Gasteiger partial charge is 0.128 e. The van der Waals surface area contributed by atoms with Crippen LogP contribution in [0.25, 0.3) is 0 Å². The fourth-order valence-corrected chi connectivity index (χ4v) is 2.58. The van der Waals surface area contributed by atoms with Crippen molar-refractivity contribution in [3.8, 4) is 11.5 Å². The van der Waals surface area contributed by atoms with Crippen molar-refractivity contribution in [1.29, 1.82) is 0 Å². The molecular weight excluding hydrogens is 266 g/mol. The summed E-state index contributed by atoms with van der Waals surface area (Å²) in [6, 6.07) is 8.26. The van der Waals surface area contributed by atoms with Crippen LogP contribution in [0.3, 0.4) is 0 Å². The lowest BCUT2D eigenvalue weighted by molar-refractivity contribution is -0.104. The van der Waals surface area contributed by atoms with Crippen molar-refractivity contribution in [1.82, 2.24) is 5.32 Å². The Bertz CT molecular complexity index is 407. The van der Waals surface area contributed by atoms with E-state index >= 15 is 0 Å². The summed E-state index contributed by atoms with van der Waals surface area (Å²) in [6.07, 6.45) is 2.29. The molecule has 4 nitrogen and oxygen atoms in total. The number of hydrogen-bond acceptors (Lipinski definition) is 4. The summed E-state index contributed by atoms with van der Waals surface area (Å²) in [5, 5.41) is 3.44. The molecule has 1 aliphatic rings. The maximum atomic E-state index is 6.03. The van der Waals surface area contributed by atoms with Crippen molar-refractivity contribution in [3.63, 3.8) is 0 Å². The lowest BCUT2D eigenvalue weighted by Gasteiger charge is -2.44. The van der Waals surface area contributed by atoms with Crippen molar-refractivity contribution in [2.24, 2.45) is 0 Å². The molecule has 1 fully saturated rings. The van der Waals surface area contributed by atoms with Crippen LogP contribution in [0.4, 0.5) is 0 Å². The first kappa shape index (κ1) is 16.1. The highest BCUT2D eigenvalue weighted by molar-refractivity contribution is 5.31. The molecule has 2 rings (SSSR count). The van der Waals surface area contributed by atoms with E-state index < -0.39 is 0 Å². The fourth-order valence-electron chi connectivity index (χ4n) is 2.58. The van der Waals surface area contributed by atoms with Gasteiger partial charge in [0.05, 0.1) is 6.61 Å². The van der Waals surface area contributed by atoms with Gasteiger partial charge in [-0.25, -0.2) is 0 Å². The van der Waals surface area contributed by atoms with Gasteiger partial charge >= 0.3 is 0 Å². The minimum atomic E-state index is 0.136. The van der Waals surface area contributed by atoms with Crippen molar-refractivity contribution >= 4 is 0 Å². The molecule has 1 saturated carbocycles. The van der Waals surface area contributed by atoms with Crippen LogP contribution in [0.2, 0.25) is 0 Å². The van der Waals surface area contributed by atoms with Crippen molar-refractivity contribution in [2.45, 2.75) is 51.9 Å². The van der Waals surface area contributed by atoms with E-state index in [1.165, 1.54) is 0 Å². The monoisotopic (exact) mass is 293 g/mol. The molecule has 1 N–H and O–H groups in total. The standard InChI is InChI=1S/C17H27NO3/c1-4-11-20-13-7-9-14(10-8-13)21-16-12-15(18-5-2)17(16)19-6-3/h7-10,15-18H,4-6,11-12H2,1-3H3. The summed E-state index contributed by atoms with van der Waals surface area (Å²) >= 11 is 0. The molecule has 0 amide bonds. The lowest BCUT2D eigenvalue weighted by atomic mass is 9.85. The van der Waals surface area contributed by atoms with E-state index in [1.54, 1.807) is 0 Å². The van der Waals surface area contributed by atoms with E-state index in [2.05, 4.69) is 19.2 Å². The fraction of sp³-hybridized carbons (Fsp3) is 0.647. The quantitative estimate of drug-likeness (QED) is 0.760. The highest BCUT2D eigenvalue weighted by Crippen LogP contribution is 2.30. The Morgan fingerprint density at radius 2 is 1.81 bits per heavy atom. The molecule has 0 saturated heterocycles. The first-order chi connectivity index (χ1) is 10.3. The summed E-state index contributed by atoms with van der Waals surface area (Å²) in [7, 11) is 0. The van der Waals surface area contributed by atoms with E-state index in [0.29, 0.717) is 6.04 Å². The number of benzene rings is 1. The van der Waals surface area contributed by atoms with Crippen LogP contribution in [0.1, 0.15) is 33.6 Å². The highest BCUT2D eigenvalue weighted by atomic mass is 16.5. The number of rotatable bonds is 9. The number of likely N-dealkylation sites (N-methyl/N-ethyl adjacent to an activating group) is 1. The molecule has 0 radical (unpaired) electrons. The molecule has 1 aromatic carbocycles. The second-order valence-corrected chi connectivity index (χ2v) is 5.30. The van der Waals surface area contributed by atoms with E-state index in [-0.39, 0.29) is 12.2 Å². The zero-order valence-electron chi connectivity index (χ0n) is 13.3. The largest absolute Gasteiger partial charge is 0.494 e. The Morgan fingerprint density at radius 3 is 2.43 bits per heavy atom. The van der Waals surface area contributed by atoms with Crippen LogP contribution in [-0.4, -0.2) is 38.0 Å². The second kappa shape index (κ2) is 8.25. The van der Waals surface area contributed by atoms with Gasteiger partial charge in [-0.2, -0.15) is 0 Å². The topological polar surface area (TPSA) is 39.7 Å². The van der Waals surface area contributed by atoms with Crippen LogP contribution in [0.5, 0.6) is 11.5 Å². The van der Waals surface area contributed by atoms with Gasteiger partial charge in [0.2, 0.25) is 0 Å². The summed E-state index contributed by atoms with van der Waals surface area (Å²) in [5.41, 5.74) is 0. The van der Waals surface area contributed by atoms with Crippen LogP contribution >= 0.6 is 0 Å². The Balaban J connectivity index is 1.86. The zero-order chi connectivity index (χ0) is 15.1. The number of ether oxygens (including phenoxy) is 3. The van der Waals surface area contributed by atoms with Crippen LogP contribution in [0, 0.1) is 0 Å².